The summed E-state index contributed by atoms with van der Waals surface area (Å²) in [5.41, 5.74) is 3.58. The molecule has 1 aliphatic carbocycles. The average molecular weight is 508 g/mol. The SMILES string of the molecule is CCN1C(=O)[C@@H]([C@H](O)C2CCCCC2)NC(=O)C12CCN(Cc1c(C)nn(-c3ccccc3)c1C)CC2. The van der Waals surface area contributed by atoms with E-state index in [9.17, 15) is 14.7 Å². The maximum absolute atomic E-state index is 13.6. The van der Waals surface area contributed by atoms with E-state index in [0.717, 1.165) is 62.4 Å². The minimum Gasteiger partial charge on any atom is -0.390 e. The number of nitrogens with zero attached hydrogens (tertiary/aromatic N) is 4. The van der Waals surface area contributed by atoms with Crippen LogP contribution in [-0.4, -0.2) is 73.8 Å². The van der Waals surface area contributed by atoms with Crippen LogP contribution >= 0.6 is 0 Å². The highest BCUT2D eigenvalue weighted by Gasteiger charge is 2.55. The molecule has 1 spiro atoms. The number of likely N-dealkylation sites (tertiary alicyclic amines) is 1. The fourth-order valence-electron chi connectivity index (χ4n) is 6.80. The molecule has 3 aliphatic rings. The van der Waals surface area contributed by atoms with Crippen LogP contribution in [0.25, 0.3) is 5.69 Å². The van der Waals surface area contributed by atoms with Crippen LogP contribution in [0.5, 0.6) is 0 Å². The minimum absolute atomic E-state index is 0.0842. The lowest BCUT2D eigenvalue weighted by Gasteiger charge is -2.52. The molecule has 1 aromatic carbocycles. The second-order valence-electron chi connectivity index (χ2n) is 11.1. The normalized spacial score (nSPS) is 23.9. The van der Waals surface area contributed by atoms with E-state index in [1.807, 2.05) is 29.8 Å². The fourth-order valence-corrected chi connectivity index (χ4v) is 6.80. The third-order valence-corrected chi connectivity index (χ3v) is 9.06. The van der Waals surface area contributed by atoms with Crippen molar-refractivity contribution >= 4 is 11.8 Å². The second kappa shape index (κ2) is 10.6. The number of piperazine rings is 1. The molecule has 0 radical (unpaired) electrons. The first-order valence-electron chi connectivity index (χ1n) is 14.0. The summed E-state index contributed by atoms with van der Waals surface area (Å²) in [5.74, 6) is -0.136. The van der Waals surface area contributed by atoms with Crippen molar-refractivity contribution in [2.75, 3.05) is 19.6 Å². The van der Waals surface area contributed by atoms with Gasteiger partial charge in [-0.25, -0.2) is 4.68 Å². The van der Waals surface area contributed by atoms with Gasteiger partial charge in [0.15, 0.2) is 0 Å². The van der Waals surface area contributed by atoms with Crippen LogP contribution in [0.2, 0.25) is 0 Å². The summed E-state index contributed by atoms with van der Waals surface area (Å²) in [7, 11) is 0. The number of hydrogen-bond donors (Lipinski definition) is 2. The first-order valence-corrected chi connectivity index (χ1v) is 14.0. The number of carbonyl (C=O) groups excluding carboxylic acids is 2. The van der Waals surface area contributed by atoms with Crippen molar-refractivity contribution in [3.05, 3.63) is 47.3 Å². The molecular formula is C29H41N5O3. The standard InChI is InChI=1S/C29H41N5O3/c1-4-33-27(36)25(26(35)22-11-7-5-8-12-22)30-28(37)29(33)15-17-32(18-16-29)19-24-20(2)31-34(21(24)3)23-13-9-6-10-14-23/h6,9-10,13-14,22,25-26,35H,4-5,7-8,11-12,15-19H2,1-3H3,(H,30,37)/t25-,26-/m1/s1. The van der Waals surface area contributed by atoms with Crippen molar-refractivity contribution in [2.45, 2.75) is 89.9 Å². The number of piperidine rings is 1. The summed E-state index contributed by atoms with van der Waals surface area (Å²) in [6, 6.07) is 9.33. The molecule has 1 aromatic heterocycles. The van der Waals surface area contributed by atoms with E-state index in [4.69, 9.17) is 5.10 Å². The number of likely N-dealkylation sites (N-methyl/N-ethyl adjacent to an activating group) is 1. The molecule has 2 amide bonds. The van der Waals surface area contributed by atoms with Crippen molar-refractivity contribution in [1.29, 1.82) is 0 Å². The summed E-state index contributed by atoms with van der Waals surface area (Å²) in [4.78, 5) is 31.3. The molecule has 37 heavy (non-hydrogen) atoms. The number of aliphatic hydroxyl groups excluding tert-OH is 1. The topological polar surface area (TPSA) is 90.7 Å². The van der Waals surface area contributed by atoms with Gasteiger partial charge in [-0.2, -0.15) is 5.10 Å². The minimum atomic E-state index is -0.830. The predicted octanol–water partition coefficient (Wildman–Crippen LogP) is 3.11. The Morgan fingerprint density at radius 3 is 2.41 bits per heavy atom. The van der Waals surface area contributed by atoms with Gasteiger partial charge in [0, 0.05) is 37.4 Å². The van der Waals surface area contributed by atoms with Gasteiger partial charge in [0.2, 0.25) is 11.8 Å². The Morgan fingerprint density at radius 2 is 1.76 bits per heavy atom. The monoisotopic (exact) mass is 507 g/mol. The first kappa shape index (κ1) is 25.9. The zero-order chi connectivity index (χ0) is 26.2. The number of aliphatic hydroxyl groups is 1. The molecule has 2 saturated heterocycles. The summed E-state index contributed by atoms with van der Waals surface area (Å²) in [6.45, 7) is 8.80. The average Bonchev–Trinajstić information content (AvgIpc) is 3.21. The second-order valence-corrected chi connectivity index (χ2v) is 11.1. The Labute approximate surface area is 220 Å². The van der Waals surface area contributed by atoms with E-state index in [2.05, 4.69) is 36.2 Å². The van der Waals surface area contributed by atoms with Crippen LogP contribution in [0.3, 0.4) is 0 Å². The number of para-hydroxylation sites is 1. The highest BCUT2D eigenvalue weighted by Crippen LogP contribution is 2.36. The van der Waals surface area contributed by atoms with Crippen LogP contribution in [0.15, 0.2) is 30.3 Å². The van der Waals surface area contributed by atoms with Gasteiger partial charge in [-0.3, -0.25) is 14.5 Å². The molecule has 0 bridgehead atoms. The molecule has 0 unspecified atom stereocenters. The van der Waals surface area contributed by atoms with E-state index in [1.54, 1.807) is 4.90 Å². The molecule has 2 atom stereocenters. The molecule has 2 N–H and O–H groups in total. The maximum Gasteiger partial charge on any atom is 0.248 e. The van der Waals surface area contributed by atoms with E-state index in [1.165, 1.54) is 12.0 Å². The third-order valence-electron chi connectivity index (χ3n) is 9.06. The van der Waals surface area contributed by atoms with E-state index in [-0.39, 0.29) is 17.7 Å². The predicted molar refractivity (Wildman–Crippen MR) is 142 cm³/mol. The summed E-state index contributed by atoms with van der Waals surface area (Å²) in [6.07, 6.45) is 5.56. The van der Waals surface area contributed by atoms with Crippen LogP contribution in [0, 0.1) is 19.8 Å². The van der Waals surface area contributed by atoms with Crippen LogP contribution in [0.4, 0.5) is 0 Å². The van der Waals surface area contributed by atoms with E-state index in [0.29, 0.717) is 19.4 Å². The Balaban J connectivity index is 1.28. The van der Waals surface area contributed by atoms with Crippen molar-refractivity contribution in [3.63, 3.8) is 0 Å². The van der Waals surface area contributed by atoms with Crippen LogP contribution in [-0.2, 0) is 16.1 Å². The highest BCUT2D eigenvalue weighted by molar-refractivity contribution is 6.00. The van der Waals surface area contributed by atoms with Crippen molar-refractivity contribution in [3.8, 4) is 5.69 Å². The third kappa shape index (κ3) is 4.70. The van der Waals surface area contributed by atoms with Gasteiger partial charge in [0.05, 0.1) is 17.5 Å². The number of rotatable bonds is 6. The number of aryl methyl sites for hydroxylation is 1. The Hall–Kier alpha value is -2.71. The molecule has 3 heterocycles. The summed E-state index contributed by atoms with van der Waals surface area (Å²) < 4.78 is 2.00. The molecule has 8 nitrogen and oxygen atoms in total. The Morgan fingerprint density at radius 1 is 1.08 bits per heavy atom. The van der Waals surface area contributed by atoms with Gasteiger partial charge in [0.25, 0.3) is 0 Å². The van der Waals surface area contributed by atoms with Gasteiger partial charge in [-0.1, -0.05) is 37.5 Å². The van der Waals surface area contributed by atoms with Crippen molar-refractivity contribution in [2.24, 2.45) is 5.92 Å². The van der Waals surface area contributed by atoms with Crippen LogP contribution in [0.1, 0.15) is 68.8 Å². The van der Waals surface area contributed by atoms with Gasteiger partial charge < -0.3 is 15.3 Å². The lowest BCUT2D eigenvalue weighted by molar-refractivity contribution is -0.165. The molecule has 2 aromatic rings. The molecule has 1 saturated carbocycles. The molecule has 2 aliphatic heterocycles. The largest absolute Gasteiger partial charge is 0.390 e. The maximum atomic E-state index is 13.6. The van der Waals surface area contributed by atoms with Crippen molar-refractivity contribution < 1.29 is 14.7 Å². The van der Waals surface area contributed by atoms with Gasteiger partial charge in [-0.05, 0) is 64.5 Å². The van der Waals surface area contributed by atoms with E-state index < -0.39 is 17.7 Å². The van der Waals surface area contributed by atoms with Crippen molar-refractivity contribution in [1.82, 2.24) is 24.9 Å². The summed E-state index contributed by atoms with van der Waals surface area (Å²) >= 11 is 0. The molecule has 200 valence electrons. The van der Waals surface area contributed by atoms with Gasteiger partial charge in [-0.15, -0.1) is 0 Å². The molecule has 8 heteroatoms. The van der Waals surface area contributed by atoms with Gasteiger partial charge >= 0.3 is 0 Å². The number of nitrogens with one attached hydrogen (secondary N) is 1. The first-order chi connectivity index (χ1) is 17.9. The Kier molecular flexibility index (Phi) is 7.41. The lowest BCUT2D eigenvalue weighted by Crippen LogP contribution is -2.74. The molecule has 5 rings (SSSR count). The smallest absolute Gasteiger partial charge is 0.248 e. The number of hydrogen-bond acceptors (Lipinski definition) is 5. The number of amides is 2. The quantitative estimate of drug-likeness (QED) is 0.627. The lowest BCUT2D eigenvalue weighted by atomic mass is 9.78. The Bertz CT molecular complexity index is 1120. The van der Waals surface area contributed by atoms with E-state index >= 15 is 0 Å². The number of benzene rings is 1. The molecule has 3 fully saturated rings. The number of carbonyl (C=O) groups is 2. The molecular weight excluding hydrogens is 466 g/mol. The summed E-state index contributed by atoms with van der Waals surface area (Å²) in [5, 5.41) is 18.8. The van der Waals surface area contributed by atoms with Crippen LogP contribution < -0.4 is 5.32 Å². The van der Waals surface area contributed by atoms with Gasteiger partial charge in [0.1, 0.15) is 11.6 Å². The fraction of sp³-hybridized carbons (Fsp3) is 0.621. The number of aromatic nitrogens is 2. The zero-order valence-corrected chi connectivity index (χ0v) is 22.4. The zero-order valence-electron chi connectivity index (χ0n) is 22.4. The highest BCUT2D eigenvalue weighted by atomic mass is 16.3.